The van der Waals surface area contributed by atoms with Crippen LogP contribution in [0.25, 0.3) is 17.1 Å². The molecule has 0 saturated carbocycles. The second-order valence-electron chi connectivity index (χ2n) is 10.2. The Balaban J connectivity index is 0.00000576. The van der Waals surface area contributed by atoms with Crippen LogP contribution in [0.4, 0.5) is 11.4 Å². The molecular weight excluding hydrogens is 729 g/mol. The third-order valence-electron chi connectivity index (χ3n) is 7.20. The van der Waals surface area contributed by atoms with E-state index in [1.54, 1.807) is 24.3 Å². The number of hydrogen-bond acceptors (Lipinski definition) is 8. The standard InChI is InChI=1S/C29H32Cl4N4O6S2.Na/c1-3-34-24-16-20(30)22(32)18-26(24)36(12-8-14-44(38,39)40)28(34)10-6-5-7-11-29-35(4-2)25-17-21(31)23(33)19-27(25)37(29)13-9-15-45(41,42)43;/h5-7,10-11,16-19H,3-4,8-9,12-15H2,1-2H3,(H-,38,39,40,41,42,43);/q;+1/p-1. The summed E-state index contributed by atoms with van der Waals surface area (Å²) in [6.45, 7) is 5.62. The molecule has 0 radical (unpaired) electrons. The fraction of sp³-hybridized carbons (Fsp3) is 0.345. The van der Waals surface area contributed by atoms with E-state index in [4.69, 9.17) is 46.4 Å². The monoisotopic (exact) mass is 758 g/mol. The van der Waals surface area contributed by atoms with Crippen molar-refractivity contribution in [3.8, 4) is 0 Å². The third kappa shape index (κ3) is 9.44. The Morgan fingerprint density at radius 2 is 1.33 bits per heavy atom. The second kappa shape index (κ2) is 16.4. The average Bonchev–Trinajstić information content (AvgIpc) is 3.38. The first kappa shape index (κ1) is 39.2. The van der Waals surface area contributed by atoms with Crippen LogP contribution in [-0.4, -0.2) is 55.1 Å². The first-order valence-electron chi connectivity index (χ1n) is 14.0. The summed E-state index contributed by atoms with van der Waals surface area (Å²) < 4.78 is 71.5. The molecule has 1 aliphatic rings. The van der Waals surface area contributed by atoms with Gasteiger partial charge in [0.25, 0.3) is 5.82 Å². The summed E-state index contributed by atoms with van der Waals surface area (Å²) in [7, 11) is -8.75. The zero-order valence-electron chi connectivity index (χ0n) is 25.4. The van der Waals surface area contributed by atoms with Crippen molar-refractivity contribution < 1.29 is 60.1 Å². The van der Waals surface area contributed by atoms with Gasteiger partial charge in [-0.3, -0.25) is 0 Å². The van der Waals surface area contributed by atoms with Gasteiger partial charge in [-0.15, -0.1) is 0 Å². The van der Waals surface area contributed by atoms with Gasteiger partial charge in [0.05, 0.1) is 64.8 Å². The van der Waals surface area contributed by atoms with E-state index >= 15 is 0 Å². The number of hydrogen-bond donors (Lipinski definition) is 0. The van der Waals surface area contributed by atoms with Crippen LogP contribution in [-0.2, 0) is 33.3 Å². The minimum Gasteiger partial charge on any atom is -0.748 e. The number of halogens is 4. The van der Waals surface area contributed by atoms with Crippen molar-refractivity contribution in [2.75, 3.05) is 34.4 Å². The molecule has 3 aromatic rings. The number of nitrogens with zero attached hydrogens (tertiary/aromatic N) is 4. The van der Waals surface area contributed by atoms with Crippen molar-refractivity contribution in [1.82, 2.24) is 4.57 Å². The molecule has 0 amide bonds. The van der Waals surface area contributed by atoms with E-state index in [1.807, 2.05) is 63.2 Å². The fourth-order valence-electron chi connectivity index (χ4n) is 5.34. The normalized spacial score (nSPS) is 14.7. The molecule has 10 nitrogen and oxygen atoms in total. The maximum absolute atomic E-state index is 11.3. The molecule has 4 rings (SSSR count). The molecule has 2 heterocycles. The molecule has 0 atom stereocenters. The van der Waals surface area contributed by atoms with Crippen LogP contribution in [0.1, 0.15) is 32.5 Å². The molecule has 0 unspecified atom stereocenters. The Bertz CT molecular complexity index is 1910. The first-order chi connectivity index (χ1) is 21.1. The van der Waals surface area contributed by atoms with Gasteiger partial charge in [-0.1, -0.05) is 64.6 Å². The smallest absolute Gasteiger partial charge is 0.748 e. The van der Waals surface area contributed by atoms with E-state index < -0.39 is 31.7 Å². The van der Waals surface area contributed by atoms with Crippen molar-refractivity contribution in [3.63, 3.8) is 0 Å². The van der Waals surface area contributed by atoms with Crippen molar-refractivity contribution >= 4 is 95.1 Å². The number of benzene rings is 2. The molecule has 244 valence electrons. The van der Waals surface area contributed by atoms with Gasteiger partial charge >= 0.3 is 29.6 Å². The molecule has 0 aliphatic carbocycles. The summed E-state index contributed by atoms with van der Waals surface area (Å²) in [5.41, 5.74) is 3.10. The first-order valence-corrected chi connectivity index (χ1v) is 18.7. The summed E-state index contributed by atoms with van der Waals surface area (Å²) in [6.07, 6.45) is 9.42. The molecular formula is C29H31Cl4N4NaO6S2. The van der Waals surface area contributed by atoms with Gasteiger partial charge in [0.1, 0.15) is 5.82 Å². The average molecular weight is 761 g/mol. The molecule has 2 aromatic carbocycles. The maximum Gasteiger partial charge on any atom is 1.00 e. The topological polar surface area (TPSA) is 130 Å². The molecule has 0 saturated heterocycles. The van der Waals surface area contributed by atoms with Crippen molar-refractivity contribution in [2.45, 2.75) is 39.8 Å². The number of anilines is 2. The number of allylic oxidation sites excluding steroid dienone is 4. The quantitative estimate of drug-likeness (QED) is 0.113. The Morgan fingerprint density at radius 1 is 0.761 bits per heavy atom. The molecule has 17 heteroatoms. The van der Waals surface area contributed by atoms with Crippen molar-refractivity contribution in [1.29, 1.82) is 0 Å². The van der Waals surface area contributed by atoms with Crippen LogP contribution in [0.2, 0.25) is 20.1 Å². The minimum atomic E-state index is -4.38. The number of rotatable bonds is 13. The van der Waals surface area contributed by atoms with Gasteiger partial charge in [-0.05, 0) is 44.9 Å². The molecule has 0 spiro atoms. The van der Waals surface area contributed by atoms with Crippen LogP contribution in [0.15, 0.2) is 54.4 Å². The zero-order valence-corrected chi connectivity index (χ0v) is 32.1. The predicted molar refractivity (Wildman–Crippen MR) is 179 cm³/mol. The molecule has 0 bridgehead atoms. The summed E-state index contributed by atoms with van der Waals surface area (Å²) in [6, 6.07) is 6.95. The van der Waals surface area contributed by atoms with E-state index in [2.05, 4.69) is 0 Å². The van der Waals surface area contributed by atoms with Crippen LogP contribution < -0.4 is 43.9 Å². The summed E-state index contributed by atoms with van der Waals surface area (Å²) in [4.78, 5) is 3.92. The number of aryl methyl sites for hydroxylation is 2. The predicted octanol–water partition coefficient (Wildman–Crippen LogP) is 3.19. The Morgan fingerprint density at radius 3 is 1.91 bits per heavy atom. The van der Waals surface area contributed by atoms with Crippen molar-refractivity contribution in [3.05, 3.63) is 80.3 Å². The van der Waals surface area contributed by atoms with E-state index in [1.165, 1.54) is 0 Å². The van der Waals surface area contributed by atoms with E-state index in [9.17, 15) is 25.9 Å². The summed E-state index contributed by atoms with van der Waals surface area (Å²) >= 11 is 25.3. The van der Waals surface area contributed by atoms with E-state index in [0.29, 0.717) is 33.2 Å². The number of fused-ring (bicyclic) bond motifs is 2. The van der Waals surface area contributed by atoms with E-state index in [0.717, 1.165) is 34.1 Å². The largest absolute Gasteiger partial charge is 1.00 e. The Labute approximate surface area is 311 Å². The number of imidazole rings is 1. The van der Waals surface area contributed by atoms with Gasteiger partial charge in [0.15, 0.2) is 11.0 Å². The third-order valence-corrected chi connectivity index (χ3v) is 10.2. The van der Waals surface area contributed by atoms with Crippen LogP contribution in [0, 0.1) is 0 Å². The van der Waals surface area contributed by atoms with Gasteiger partial charge in [-0.2, -0.15) is 0 Å². The molecule has 0 N–H and O–H groups in total. The van der Waals surface area contributed by atoms with Gasteiger partial charge in [0.2, 0.25) is 0 Å². The van der Waals surface area contributed by atoms with Crippen LogP contribution in [0.5, 0.6) is 0 Å². The Hall–Kier alpha value is -1.29. The molecule has 1 aromatic heterocycles. The molecule has 0 fully saturated rings. The van der Waals surface area contributed by atoms with Crippen LogP contribution >= 0.6 is 46.4 Å². The second-order valence-corrected chi connectivity index (χ2v) is 14.8. The Kier molecular flexibility index (Phi) is 14.0. The van der Waals surface area contributed by atoms with E-state index in [-0.39, 0.29) is 55.5 Å². The SMILES string of the molecule is CCN1C(=CC=CC=Cc2n(CC)c3cc(Cl)c(Cl)cc3[n+]2CCCS(=O)(=O)[O-])N(CCCS(=O)(=O)[O-])c2cc(Cl)c(Cl)cc21.[Na+]. The zero-order chi connectivity index (χ0) is 33.1. The maximum atomic E-state index is 11.3. The van der Waals surface area contributed by atoms with Gasteiger partial charge < -0.3 is 18.9 Å². The fourth-order valence-corrected chi connectivity index (χ4v) is 6.94. The van der Waals surface area contributed by atoms with Gasteiger partial charge in [-0.25, -0.2) is 26.0 Å². The molecule has 1 aliphatic heterocycles. The molecule has 46 heavy (non-hydrogen) atoms. The van der Waals surface area contributed by atoms with Gasteiger partial charge in [0, 0.05) is 42.8 Å². The summed E-state index contributed by atoms with van der Waals surface area (Å²) in [5.74, 6) is 0.501. The van der Waals surface area contributed by atoms with Crippen LogP contribution in [0.3, 0.4) is 0 Å². The summed E-state index contributed by atoms with van der Waals surface area (Å²) in [5, 5.41) is 1.46. The van der Waals surface area contributed by atoms with Crippen molar-refractivity contribution in [2.24, 2.45) is 0 Å². The minimum absolute atomic E-state index is 0. The number of aromatic nitrogens is 2.